The van der Waals surface area contributed by atoms with E-state index >= 15 is 0 Å². The molecule has 0 spiro atoms. The zero-order valence-corrected chi connectivity index (χ0v) is 14.6. The van der Waals surface area contributed by atoms with Gasteiger partial charge in [-0.05, 0) is 49.9 Å². The van der Waals surface area contributed by atoms with Crippen molar-refractivity contribution in [3.05, 3.63) is 65.7 Å². The molecule has 0 fully saturated rings. The highest BCUT2D eigenvalue weighted by Gasteiger charge is 2.22. The molecule has 3 aromatic heterocycles. The van der Waals surface area contributed by atoms with Gasteiger partial charge in [-0.15, -0.1) is 0 Å². The van der Waals surface area contributed by atoms with Crippen molar-refractivity contribution in [3.63, 3.8) is 0 Å². The maximum atomic E-state index is 12.1. The largest absolute Gasteiger partial charge is 0.349 e. The molecule has 4 rings (SSSR count). The van der Waals surface area contributed by atoms with E-state index in [1.165, 1.54) is 24.1 Å². The maximum Gasteiger partial charge on any atom is 0.269 e. The number of hydrogen-bond donors (Lipinski definition) is 1. The van der Waals surface area contributed by atoms with Gasteiger partial charge in [-0.1, -0.05) is 12.1 Å². The van der Waals surface area contributed by atoms with E-state index in [0.29, 0.717) is 18.8 Å². The van der Waals surface area contributed by atoms with Crippen molar-refractivity contribution in [1.82, 2.24) is 25.1 Å². The highest BCUT2D eigenvalue weighted by molar-refractivity contribution is 5.92. The molecule has 1 N–H and O–H groups in total. The molecule has 1 amide bonds. The van der Waals surface area contributed by atoms with Gasteiger partial charge in [0.15, 0.2) is 0 Å². The molecule has 3 aromatic rings. The number of hydrogen-bond acceptors (Lipinski definition) is 4. The van der Waals surface area contributed by atoms with Crippen molar-refractivity contribution in [2.24, 2.45) is 0 Å². The van der Waals surface area contributed by atoms with E-state index < -0.39 is 0 Å². The van der Waals surface area contributed by atoms with E-state index in [2.05, 4.69) is 15.3 Å². The smallest absolute Gasteiger partial charge is 0.269 e. The highest BCUT2D eigenvalue weighted by Crippen LogP contribution is 2.30. The fourth-order valence-corrected chi connectivity index (χ4v) is 3.43. The molecule has 0 saturated carbocycles. The molecule has 0 aromatic carbocycles. The van der Waals surface area contributed by atoms with Crippen LogP contribution in [0, 0.1) is 0 Å². The van der Waals surface area contributed by atoms with Gasteiger partial charge in [0.1, 0.15) is 11.4 Å². The first-order chi connectivity index (χ1) is 12.8. The molecule has 0 atom stereocenters. The van der Waals surface area contributed by atoms with Gasteiger partial charge < -0.3 is 5.32 Å². The molecule has 26 heavy (non-hydrogen) atoms. The van der Waals surface area contributed by atoms with Crippen LogP contribution in [0.25, 0.3) is 11.4 Å². The van der Waals surface area contributed by atoms with Gasteiger partial charge in [0.25, 0.3) is 5.91 Å². The zero-order chi connectivity index (χ0) is 17.8. The Morgan fingerprint density at radius 3 is 2.62 bits per heavy atom. The van der Waals surface area contributed by atoms with Crippen LogP contribution in [0.1, 0.15) is 34.6 Å². The van der Waals surface area contributed by atoms with Crippen LogP contribution in [0.5, 0.6) is 0 Å². The predicted molar refractivity (Wildman–Crippen MR) is 98.7 cm³/mol. The van der Waals surface area contributed by atoms with Crippen molar-refractivity contribution in [3.8, 4) is 11.4 Å². The topological polar surface area (TPSA) is 72.7 Å². The Kier molecular flexibility index (Phi) is 4.73. The number of fused-ring (bicyclic) bond motifs is 1. The van der Waals surface area contributed by atoms with E-state index in [-0.39, 0.29) is 5.91 Å². The van der Waals surface area contributed by atoms with E-state index in [4.69, 9.17) is 5.10 Å². The van der Waals surface area contributed by atoms with Gasteiger partial charge >= 0.3 is 0 Å². The fraction of sp³-hybridized carbons (Fsp3) is 0.300. The number of amides is 1. The van der Waals surface area contributed by atoms with Crippen molar-refractivity contribution >= 4 is 5.91 Å². The molecule has 132 valence electrons. The van der Waals surface area contributed by atoms with Crippen LogP contribution in [0.2, 0.25) is 0 Å². The van der Waals surface area contributed by atoms with Gasteiger partial charge in [0.2, 0.25) is 0 Å². The molecule has 3 heterocycles. The third kappa shape index (κ3) is 3.35. The molecule has 0 aliphatic heterocycles. The van der Waals surface area contributed by atoms with E-state index in [0.717, 1.165) is 24.2 Å². The molecular weight excluding hydrogens is 326 g/mol. The van der Waals surface area contributed by atoms with Crippen molar-refractivity contribution in [2.45, 2.75) is 32.2 Å². The SMILES string of the molecule is O=C(NCCn1nc(-c2ccccn2)c2c1CCCC2)c1ccccn1. The summed E-state index contributed by atoms with van der Waals surface area (Å²) >= 11 is 0. The van der Waals surface area contributed by atoms with E-state index in [1.807, 2.05) is 28.9 Å². The van der Waals surface area contributed by atoms with Crippen LogP contribution >= 0.6 is 0 Å². The number of carbonyl (C=O) groups excluding carboxylic acids is 1. The summed E-state index contributed by atoms with van der Waals surface area (Å²) in [7, 11) is 0. The van der Waals surface area contributed by atoms with Gasteiger partial charge in [0, 0.05) is 30.2 Å². The van der Waals surface area contributed by atoms with Crippen LogP contribution in [0.4, 0.5) is 0 Å². The third-order valence-corrected chi connectivity index (χ3v) is 4.67. The minimum Gasteiger partial charge on any atom is -0.349 e. The normalized spacial score (nSPS) is 13.2. The first-order valence-corrected chi connectivity index (χ1v) is 9.02. The summed E-state index contributed by atoms with van der Waals surface area (Å²) in [6.45, 7) is 1.17. The monoisotopic (exact) mass is 347 g/mol. The van der Waals surface area contributed by atoms with E-state index in [1.54, 1.807) is 24.5 Å². The summed E-state index contributed by atoms with van der Waals surface area (Å²) in [6.07, 6.45) is 7.87. The van der Waals surface area contributed by atoms with Crippen LogP contribution in [0.15, 0.2) is 48.8 Å². The standard InChI is InChI=1S/C20H21N5O/c26-20(17-9-4-6-12-22-17)23-13-14-25-18-10-2-1-7-15(18)19(24-25)16-8-3-5-11-21-16/h3-6,8-9,11-12H,1-2,7,10,13-14H2,(H,23,26). The first-order valence-electron chi connectivity index (χ1n) is 9.02. The molecule has 0 radical (unpaired) electrons. The lowest BCUT2D eigenvalue weighted by Gasteiger charge is -2.14. The second-order valence-electron chi connectivity index (χ2n) is 6.39. The van der Waals surface area contributed by atoms with Crippen molar-refractivity contribution in [2.75, 3.05) is 6.54 Å². The molecule has 6 heteroatoms. The summed E-state index contributed by atoms with van der Waals surface area (Å²) in [6, 6.07) is 11.2. The fourth-order valence-electron chi connectivity index (χ4n) is 3.43. The minimum atomic E-state index is -0.156. The number of rotatable bonds is 5. The third-order valence-electron chi connectivity index (χ3n) is 4.67. The van der Waals surface area contributed by atoms with Crippen LogP contribution in [-0.2, 0) is 19.4 Å². The summed E-state index contributed by atoms with van der Waals surface area (Å²) in [5.74, 6) is -0.156. The Balaban J connectivity index is 1.50. The van der Waals surface area contributed by atoms with Crippen molar-refractivity contribution in [1.29, 1.82) is 0 Å². The van der Waals surface area contributed by atoms with Crippen LogP contribution < -0.4 is 5.32 Å². The Labute approximate surface area is 152 Å². The lowest BCUT2D eigenvalue weighted by molar-refractivity contribution is 0.0947. The molecule has 0 saturated heterocycles. The molecule has 1 aliphatic carbocycles. The van der Waals surface area contributed by atoms with E-state index in [9.17, 15) is 4.79 Å². The van der Waals surface area contributed by atoms with Gasteiger partial charge in [-0.25, -0.2) is 0 Å². The molecule has 0 bridgehead atoms. The van der Waals surface area contributed by atoms with Gasteiger partial charge in [-0.2, -0.15) is 5.10 Å². The molecule has 6 nitrogen and oxygen atoms in total. The maximum absolute atomic E-state index is 12.1. The lowest BCUT2D eigenvalue weighted by atomic mass is 9.95. The average Bonchev–Trinajstić information content (AvgIpc) is 3.08. The predicted octanol–water partition coefficient (Wildman–Crippen LogP) is 2.65. The summed E-state index contributed by atoms with van der Waals surface area (Å²) in [4.78, 5) is 20.7. The number of nitrogens with one attached hydrogen (secondary N) is 1. The molecule has 0 unspecified atom stereocenters. The number of nitrogens with zero attached hydrogens (tertiary/aromatic N) is 4. The molecular formula is C20H21N5O. The lowest BCUT2D eigenvalue weighted by Crippen LogP contribution is -2.28. The summed E-state index contributed by atoms with van der Waals surface area (Å²) in [5, 5.41) is 7.74. The highest BCUT2D eigenvalue weighted by atomic mass is 16.1. The average molecular weight is 347 g/mol. The Bertz CT molecular complexity index is 889. The quantitative estimate of drug-likeness (QED) is 0.770. The summed E-state index contributed by atoms with van der Waals surface area (Å²) < 4.78 is 2.04. The molecule has 1 aliphatic rings. The Morgan fingerprint density at radius 2 is 1.85 bits per heavy atom. The second-order valence-corrected chi connectivity index (χ2v) is 6.39. The van der Waals surface area contributed by atoms with Gasteiger partial charge in [-0.3, -0.25) is 19.4 Å². The second kappa shape index (κ2) is 7.47. The Hall–Kier alpha value is -3.02. The van der Waals surface area contributed by atoms with Crippen LogP contribution in [-0.4, -0.2) is 32.2 Å². The van der Waals surface area contributed by atoms with Gasteiger partial charge in [0.05, 0.1) is 12.2 Å². The Morgan fingerprint density at radius 1 is 1.04 bits per heavy atom. The number of carbonyl (C=O) groups is 1. The number of pyridine rings is 2. The van der Waals surface area contributed by atoms with Crippen LogP contribution in [0.3, 0.4) is 0 Å². The van der Waals surface area contributed by atoms with Crippen molar-refractivity contribution < 1.29 is 4.79 Å². The number of aromatic nitrogens is 4. The zero-order valence-electron chi connectivity index (χ0n) is 14.6. The first kappa shape index (κ1) is 16.4. The summed E-state index contributed by atoms with van der Waals surface area (Å²) in [5.41, 5.74) is 4.93. The minimum absolute atomic E-state index is 0.156.